The number of amidine groups is 1. The molecule has 7 nitrogen and oxygen atoms in total. The molecular weight excluding hydrogens is 330 g/mol. The van der Waals surface area contributed by atoms with Crippen LogP contribution in [-0.4, -0.2) is 37.8 Å². The Bertz CT molecular complexity index is 1050. The number of aliphatic hydroxyl groups is 1. The molecule has 0 saturated carbocycles. The molecule has 1 aliphatic rings. The zero-order chi connectivity index (χ0) is 18.3. The summed E-state index contributed by atoms with van der Waals surface area (Å²) in [5.74, 6) is -0.324. The van der Waals surface area contributed by atoms with Crippen molar-refractivity contribution in [2.24, 2.45) is 0 Å². The third-order valence-corrected chi connectivity index (χ3v) is 4.39. The third-order valence-electron chi connectivity index (χ3n) is 4.39. The predicted molar refractivity (Wildman–Crippen MR) is 97.8 cm³/mol. The number of aliphatic hydroxyl groups excluding tert-OH is 1. The van der Waals surface area contributed by atoms with Gasteiger partial charge in [-0.3, -0.25) is 20.6 Å². The summed E-state index contributed by atoms with van der Waals surface area (Å²) in [6.45, 7) is 1.86. The van der Waals surface area contributed by atoms with Crippen molar-refractivity contribution in [3.05, 3.63) is 77.4 Å². The first-order valence-corrected chi connectivity index (χ1v) is 8.15. The van der Waals surface area contributed by atoms with Gasteiger partial charge in [-0.25, -0.2) is 4.98 Å². The number of rotatable bonds is 3. The molecule has 26 heavy (non-hydrogen) atoms. The molecule has 3 N–H and O–H groups in total. The van der Waals surface area contributed by atoms with Gasteiger partial charge in [0.05, 0.1) is 17.8 Å². The number of hydrazine groups is 1. The Labute approximate surface area is 149 Å². The van der Waals surface area contributed by atoms with E-state index in [-0.39, 0.29) is 23.8 Å². The second-order valence-electron chi connectivity index (χ2n) is 6.04. The molecule has 4 rings (SSSR count). The lowest BCUT2D eigenvalue weighted by Gasteiger charge is -2.19. The van der Waals surface area contributed by atoms with Crippen LogP contribution >= 0.6 is 0 Å². The number of fused-ring (bicyclic) bond motifs is 1. The van der Waals surface area contributed by atoms with Crippen molar-refractivity contribution >= 4 is 23.0 Å². The van der Waals surface area contributed by atoms with E-state index >= 15 is 0 Å². The number of amides is 1. The smallest absolute Gasteiger partial charge is 0.290 e. The van der Waals surface area contributed by atoms with E-state index in [1.807, 2.05) is 66.1 Å². The fourth-order valence-corrected chi connectivity index (χ4v) is 3.09. The number of carbonyl (C=O) groups excluding carboxylic acids is 1. The normalized spacial score (nSPS) is 14.3. The number of hydrogen-bond donors (Lipinski definition) is 3. The summed E-state index contributed by atoms with van der Waals surface area (Å²) in [6, 6.07) is 14.7. The lowest BCUT2D eigenvalue weighted by Crippen LogP contribution is -2.44. The van der Waals surface area contributed by atoms with Crippen LogP contribution in [0.2, 0.25) is 0 Å². The minimum atomic E-state index is -0.418. The van der Waals surface area contributed by atoms with Crippen LogP contribution in [0.4, 0.5) is 0 Å². The van der Waals surface area contributed by atoms with Crippen molar-refractivity contribution in [2.75, 3.05) is 6.54 Å². The number of hydrogen-bond acceptors (Lipinski definition) is 4. The van der Waals surface area contributed by atoms with Crippen molar-refractivity contribution in [3.8, 4) is 0 Å². The van der Waals surface area contributed by atoms with Crippen LogP contribution in [0.5, 0.6) is 0 Å². The van der Waals surface area contributed by atoms with Crippen LogP contribution < -0.4 is 5.43 Å². The average molecular weight is 347 g/mol. The molecule has 0 spiro atoms. The zero-order valence-corrected chi connectivity index (χ0v) is 14.1. The molecule has 0 bridgehead atoms. The Hall–Kier alpha value is -3.61. The van der Waals surface area contributed by atoms with E-state index in [1.54, 1.807) is 0 Å². The van der Waals surface area contributed by atoms with E-state index in [0.29, 0.717) is 16.9 Å². The maximum atomic E-state index is 12.7. The number of imidazole rings is 1. The summed E-state index contributed by atoms with van der Waals surface area (Å²) < 4.78 is 1.83. The van der Waals surface area contributed by atoms with Crippen LogP contribution in [0.15, 0.2) is 60.5 Å². The van der Waals surface area contributed by atoms with Gasteiger partial charge in [0.1, 0.15) is 11.4 Å². The second kappa shape index (κ2) is 6.03. The molecular formula is C19H17N5O2. The van der Waals surface area contributed by atoms with Crippen molar-refractivity contribution in [3.63, 3.8) is 0 Å². The molecule has 1 amide bonds. The highest BCUT2D eigenvalue weighted by Gasteiger charge is 2.30. The minimum Gasteiger partial charge on any atom is -0.510 e. The third kappa shape index (κ3) is 2.50. The highest BCUT2D eigenvalue weighted by atomic mass is 16.3. The summed E-state index contributed by atoms with van der Waals surface area (Å²) in [5.41, 5.74) is 5.49. The van der Waals surface area contributed by atoms with Crippen molar-refractivity contribution in [2.45, 2.75) is 6.92 Å². The summed E-state index contributed by atoms with van der Waals surface area (Å²) in [5, 5.41) is 19.9. The van der Waals surface area contributed by atoms with E-state index in [0.717, 1.165) is 5.56 Å². The number of benzene rings is 1. The number of aromatic nitrogens is 2. The van der Waals surface area contributed by atoms with Gasteiger partial charge in [0.25, 0.3) is 5.91 Å². The molecule has 3 aromatic rings. The molecule has 3 heterocycles. The summed E-state index contributed by atoms with van der Waals surface area (Å²) in [6.07, 6.45) is 1.84. The fourth-order valence-electron chi connectivity index (χ4n) is 3.09. The molecule has 0 radical (unpaired) electrons. The summed E-state index contributed by atoms with van der Waals surface area (Å²) >= 11 is 0. The van der Waals surface area contributed by atoms with Gasteiger partial charge in [-0.05, 0) is 24.6 Å². The Morgan fingerprint density at radius 2 is 1.92 bits per heavy atom. The molecule has 2 aromatic heterocycles. The lowest BCUT2D eigenvalue weighted by molar-refractivity contribution is 0.0869. The van der Waals surface area contributed by atoms with E-state index in [1.165, 1.54) is 5.01 Å². The highest BCUT2D eigenvalue weighted by Crippen LogP contribution is 2.26. The molecule has 0 atom stereocenters. The van der Waals surface area contributed by atoms with Crippen LogP contribution in [0.25, 0.3) is 11.2 Å². The Kier molecular flexibility index (Phi) is 3.69. The van der Waals surface area contributed by atoms with E-state index in [4.69, 9.17) is 5.41 Å². The first kappa shape index (κ1) is 15.9. The van der Waals surface area contributed by atoms with Crippen LogP contribution in [0, 0.1) is 12.3 Å². The first-order chi connectivity index (χ1) is 12.6. The first-order valence-electron chi connectivity index (χ1n) is 8.15. The van der Waals surface area contributed by atoms with Crippen LogP contribution in [-0.2, 0) is 0 Å². The predicted octanol–water partition coefficient (Wildman–Crippen LogP) is 2.55. The quantitative estimate of drug-likeness (QED) is 0.679. The van der Waals surface area contributed by atoms with Gasteiger partial charge in [0.2, 0.25) is 0 Å². The number of nitrogens with one attached hydrogen (secondary N) is 2. The number of nitrogens with zero attached hydrogens (tertiary/aromatic N) is 3. The second-order valence-corrected chi connectivity index (χ2v) is 6.04. The largest absolute Gasteiger partial charge is 0.510 e. The molecule has 1 aliphatic heterocycles. The Balaban J connectivity index is 1.57. The number of carbonyl (C=O) groups is 1. The molecule has 130 valence electrons. The minimum absolute atomic E-state index is 0.0429. The Morgan fingerprint density at radius 3 is 2.65 bits per heavy atom. The maximum Gasteiger partial charge on any atom is 0.290 e. The highest BCUT2D eigenvalue weighted by molar-refractivity contribution is 6.24. The molecule has 7 heteroatoms. The van der Waals surface area contributed by atoms with Crippen LogP contribution in [0.1, 0.15) is 21.7 Å². The molecule has 0 fully saturated rings. The average Bonchev–Trinajstić information content (AvgIpc) is 3.13. The summed E-state index contributed by atoms with van der Waals surface area (Å²) in [7, 11) is 0. The molecule has 0 unspecified atom stereocenters. The van der Waals surface area contributed by atoms with Crippen LogP contribution in [0.3, 0.4) is 0 Å². The molecule has 0 aliphatic carbocycles. The fraction of sp³-hybridized carbons (Fsp3) is 0.105. The molecule has 0 saturated heterocycles. The SMILES string of the molecule is Cc1c(C(=O)NN2CC(O)=C(c3ccccc3)C2=N)nc2ccccn12. The van der Waals surface area contributed by atoms with Gasteiger partial charge in [0, 0.05) is 6.20 Å². The van der Waals surface area contributed by atoms with Gasteiger partial charge in [-0.2, -0.15) is 0 Å². The van der Waals surface area contributed by atoms with Crippen molar-refractivity contribution in [1.82, 2.24) is 19.8 Å². The lowest BCUT2D eigenvalue weighted by atomic mass is 10.1. The van der Waals surface area contributed by atoms with Gasteiger partial charge in [-0.15, -0.1) is 0 Å². The monoisotopic (exact) mass is 347 g/mol. The van der Waals surface area contributed by atoms with Gasteiger partial charge in [0.15, 0.2) is 11.5 Å². The van der Waals surface area contributed by atoms with Gasteiger partial charge < -0.3 is 9.51 Å². The number of aryl methyl sites for hydroxylation is 1. The summed E-state index contributed by atoms with van der Waals surface area (Å²) in [4.78, 5) is 17.0. The molecule has 1 aromatic carbocycles. The standard InChI is InChI=1S/C19H17N5O2/c1-12-17(21-15-9-5-6-10-23(12)15)19(26)22-24-11-14(25)16(18(24)20)13-7-3-2-4-8-13/h2-10,20,25H,11H2,1H3,(H,22,26). The maximum absolute atomic E-state index is 12.7. The van der Waals surface area contributed by atoms with Gasteiger partial charge in [-0.1, -0.05) is 36.4 Å². The van der Waals surface area contributed by atoms with Crippen molar-refractivity contribution < 1.29 is 9.90 Å². The number of pyridine rings is 1. The Morgan fingerprint density at radius 1 is 1.19 bits per heavy atom. The zero-order valence-electron chi connectivity index (χ0n) is 14.1. The van der Waals surface area contributed by atoms with Crippen molar-refractivity contribution in [1.29, 1.82) is 5.41 Å². The van der Waals surface area contributed by atoms with Gasteiger partial charge >= 0.3 is 0 Å². The van der Waals surface area contributed by atoms with E-state index in [9.17, 15) is 9.90 Å². The van der Waals surface area contributed by atoms with E-state index in [2.05, 4.69) is 10.4 Å². The van der Waals surface area contributed by atoms with E-state index < -0.39 is 5.91 Å². The topological polar surface area (TPSA) is 93.7 Å².